The molecule has 0 saturated heterocycles. The second kappa shape index (κ2) is 6.40. The average Bonchev–Trinajstić information content (AvgIpc) is 2.30. The molecule has 0 aliphatic carbocycles. The molecule has 0 fully saturated rings. The average molecular weight is 270 g/mol. The van der Waals surface area contributed by atoms with Crippen LogP contribution in [0.3, 0.4) is 0 Å². The van der Waals surface area contributed by atoms with E-state index in [-0.39, 0.29) is 18.1 Å². The minimum atomic E-state index is -0.214. The third-order valence-corrected chi connectivity index (χ3v) is 2.85. The van der Waals surface area contributed by atoms with Gasteiger partial charge >= 0.3 is 0 Å². The summed E-state index contributed by atoms with van der Waals surface area (Å²) in [6, 6.07) is 5.28. The molecular weight excluding hydrogens is 254 g/mol. The van der Waals surface area contributed by atoms with Crippen molar-refractivity contribution in [1.82, 2.24) is 4.90 Å². The van der Waals surface area contributed by atoms with E-state index in [1.165, 1.54) is 11.8 Å². The highest BCUT2D eigenvalue weighted by atomic mass is 35.5. The van der Waals surface area contributed by atoms with Crippen LogP contribution in [0.2, 0.25) is 5.02 Å². The van der Waals surface area contributed by atoms with Crippen molar-refractivity contribution in [2.75, 3.05) is 14.2 Å². The van der Waals surface area contributed by atoms with Crippen molar-refractivity contribution < 1.29 is 14.3 Å². The summed E-state index contributed by atoms with van der Waals surface area (Å²) in [7, 11) is 3.21. The molecule has 0 atom stereocenters. The smallest absolute Gasteiger partial charge is 0.230 e. The van der Waals surface area contributed by atoms with Gasteiger partial charge in [-0.25, -0.2) is 0 Å². The Labute approximate surface area is 111 Å². The molecule has 1 rings (SSSR count). The molecule has 0 bridgehead atoms. The van der Waals surface area contributed by atoms with E-state index in [0.29, 0.717) is 17.3 Å². The summed E-state index contributed by atoms with van der Waals surface area (Å²) in [4.78, 5) is 24.0. The van der Waals surface area contributed by atoms with Gasteiger partial charge in [0.15, 0.2) is 0 Å². The number of rotatable bonds is 5. The SMILES string of the molecule is COc1ccc(CN(C)C(=O)CC(C)=O)c(Cl)c1. The monoisotopic (exact) mass is 269 g/mol. The lowest BCUT2D eigenvalue weighted by atomic mass is 10.2. The topological polar surface area (TPSA) is 46.6 Å². The van der Waals surface area contributed by atoms with Crippen LogP contribution in [0.15, 0.2) is 18.2 Å². The van der Waals surface area contributed by atoms with Gasteiger partial charge in [0.05, 0.1) is 13.5 Å². The number of ketones is 1. The molecule has 0 N–H and O–H groups in total. The molecule has 1 amide bonds. The Kier molecular flexibility index (Phi) is 5.16. The van der Waals surface area contributed by atoms with Crippen LogP contribution in [0.5, 0.6) is 5.75 Å². The standard InChI is InChI=1S/C13H16ClNO3/c1-9(16)6-13(17)15(2)8-10-4-5-11(18-3)7-12(10)14/h4-5,7H,6,8H2,1-3H3. The van der Waals surface area contributed by atoms with Gasteiger partial charge in [-0.3, -0.25) is 9.59 Å². The van der Waals surface area contributed by atoms with Gasteiger partial charge in [0.2, 0.25) is 5.91 Å². The summed E-state index contributed by atoms with van der Waals surface area (Å²) in [5.74, 6) is 0.309. The lowest BCUT2D eigenvalue weighted by Gasteiger charge is -2.17. The van der Waals surface area contributed by atoms with Crippen LogP contribution in [0, 0.1) is 0 Å². The number of ether oxygens (including phenoxy) is 1. The normalized spacial score (nSPS) is 10.0. The summed E-state index contributed by atoms with van der Waals surface area (Å²) in [6.45, 7) is 1.76. The Morgan fingerprint density at radius 2 is 2.06 bits per heavy atom. The maximum absolute atomic E-state index is 11.6. The Morgan fingerprint density at radius 3 is 2.56 bits per heavy atom. The van der Waals surface area contributed by atoms with E-state index in [2.05, 4.69) is 0 Å². The van der Waals surface area contributed by atoms with Gasteiger partial charge in [-0.15, -0.1) is 0 Å². The van der Waals surface area contributed by atoms with Crippen molar-refractivity contribution in [3.05, 3.63) is 28.8 Å². The number of benzene rings is 1. The molecule has 0 spiro atoms. The van der Waals surface area contributed by atoms with E-state index in [4.69, 9.17) is 16.3 Å². The molecule has 0 radical (unpaired) electrons. The van der Waals surface area contributed by atoms with Gasteiger partial charge in [-0.05, 0) is 24.6 Å². The van der Waals surface area contributed by atoms with E-state index in [1.807, 2.05) is 0 Å². The zero-order valence-corrected chi connectivity index (χ0v) is 11.5. The van der Waals surface area contributed by atoms with Gasteiger partial charge in [0.1, 0.15) is 11.5 Å². The number of halogens is 1. The quantitative estimate of drug-likeness (QED) is 0.771. The first-order chi connectivity index (χ1) is 8.43. The highest BCUT2D eigenvalue weighted by Crippen LogP contribution is 2.23. The lowest BCUT2D eigenvalue weighted by molar-refractivity contribution is -0.134. The maximum Gasteiger partial charge on any atom is 0.230 e. The van der Waals surface area contributed by atoms with Gasteiger partial charge in [0.25, 0.3) is 0 Å². The first kappa shape index (κ1) is 14.5. The largest absolute Gasteiger partial charge is 0.497 e. The molecule has 0 saturated carbocycles. The Morgan fingerprint density at radius 1 is 1.39 bits per heavy atom. The van der Waals surface area contributed by atoms with E-state index in [0.717, 1.165) is 5.56 Å². The fourth-order valence-electron chi connectivity index (χ4n) is 1.47. The molecule has 0 unspecified atom stereocenters. The molecule has 18 heavy (non-hydrogen) atoms. The predicted molar refractivity (Wildman–Crippen MR) is 69.8 cm³/mol. The first-order valence-corrected chi connectivity index (χ1v) is 5.87. The summed E-state index contributed by atoms with van der Waals surface area (Å²) >= 11 is 6.08. The lowest BCUT2D eigenvalue weighted by Crippen LogP contribution is -2.27. The van der Waals surface area contributed by atoms with Crippen LogP contribution in [-0.2, 0) is 16.1 Å². The Hall–Kier alpha value is -1.55. The Bertz CT molecular complexity index is 460. The van der Waals surface area contributed by atoms with Crippen molar-refractivity contribution >= 4 is 23.3 Å². The molecule has 1 aromatic carbocycles. The summed E-state index contributed by atoms with van der Waals surface area (Å²) in [5, 5.41) is 0.539. The highest BCUT2D eigenvalue weighted by Gasteiger charge is 2.13. The second-order valence-electron chi connectivity index (χ2n) is 4.09. The third kappa shape index (κ3) is 4.04. The summed E-state index contributed by atoms with van der Waals surface area (Å²) < 4.78 is 5.05. The number of nitrogens with zero attached hydrogens (tertiary/aromatic N) is 1. The predicted octanol–water partition coefficient (Wildman–Crippen LogP) is 2.29. The molecule has 0 aliphatic rings. The number of amides is 1. The van der Waals surface area contributed by atoms with Crippen LogP contribution in [0.25, 0.3) is 0 Å². The Balaban J connectivity index is 2.72. The fourth-order valence-corrected chi connectivity index (χ4v) is 1.71. The van der Waals surface area contributed by atoms with Crippen molar-refractivity contribution in [2.45, 2.75) is 19.9 Å². The minimum Gasteiger partial charge on any atom is -0.497 e. The number of methoxy groups -OCH3 is 1. The van der Waals surface area contributed by atoms with Crippen molar-refractivity contribution in [1.29, 1.82) is 0 Å². The number of hydrogen-bond donors (Lipinski definition) is 0. The van der Waals surface area contributed by atoms with Crippen molar-refractivity contribution in [2.24, 2.45) is 0 Å². The van der Waals surface area contributed by atoms with Crippen molar-refractivity contribution in [3.8, 4) is 5.75 Å². The van der Waals surface area contributed by atoms with E-state index < -0.39 is 0 Å². The van der Waals surface area contributed by atoms with Crippen LogP contribution in [0.4, 0.5) is 0 Å². The number of carbonyl (C=O) groups is 2. The summed E-state index contributed by atoms with van der Waals surface area (Å²) in [6.07, 6.45) is -0.0791. The molecule has 0 heterocycles. The zero-order valence-electron chi connectivity index (χ0n) is 10.7. The third-order valence-electron chi connectivity index (χ3n) is 2.49. The van der Waals surface area contributed by atoms with Gasteiger partial charge in [0, 0.05) is 18.6 Å². The van der Waals surface area contributed by atoms with Crippen LogP contribution in [0.1, 0.15) is 18.9 Å². The molecule has 5 heteroatoms. The zero-order chi connectivity index (χ0) is 13.7. The molecule has 98 valence electrons. The van der Waals surface area contributed by atoms with Crippen molar-refractivity contribution in [3.63, 3.8) is 0 Å². The number of hydrogen-bond acceptors (Lipinski definition) is 3. The van der Waals surface area contributed by atoms with E-state index >= 15 is 0 Å². The van der Waals surface area contributed by atoms with Gasteiger partial charge < -0.3 is 9.64 Å². The first-order valence-electron chi connectivity index (χ1n) is 5.50. The summed E-state index contributed by atoms with van der Waals surface area (Å²) in [5.41, 5.74) is 0.817. The van der Waals surface area contributed by atoms with Crippen LogP contribution in [-0.4, -0.2) is 30.7 Å². The van der Waals surface area contributed by atoms with Gasteiger partial charge in [-0.2, -0.15) is 0 Å². The van der Waals surface area contributed by atoms with Crippen LogP contribution < -0.4 is 4.74 Å². The minimum absolute atomic E-state index is 0.0791. The van der Waals surface area contributed by atoms with Gasteiger partial charge in [-0.1, -0.05) is 17.7 Å². The molecule has 0 aromatic heterocycles. The highest BCUT2D eigenvalue weighted by molar-refractivity contribution is 6.31. The fraction of sp³-hybridized carbons (Fsp3) is 0.385. The molecule has 4 nitrogen and oxygen atoms in total. The second-order valence-corrected chi connectivity index (χ2v) is 4.49. The molecular formula is C13H16ClNO3. The number of Topliss-reactive ketones (excluding diaryl/α,β-unsaturated/α-hetero) is 1. The van der Waals surface area contributed by atoms with Crippen LogP contribution >= 0.6 is 11.6 Å². The maximum atomic E-state index is 11.6. The molecule has 0 aliphatic heterocycles. The van der Waals surface area contributed by atoms with E-state index in [1.54, 1.807) is 32.4 Å². The van der Waals surface area contributed by atoms with E-state index in [9.17, 15) is 9.59 Å². The number of carbonyl (C=O) groups excluding carboxylic acids is 2. The molecule has 1 aromatic rings.